The molecule has 1 aliphatic rings. The van der Waals surface area contributed by atoms with Crippen molar-refractivity contribution in [2.45, 2.75) is 11.8 Å². The molecule has 160 valence electrons. The van der Waals surface area contributed by atoms with Crippen LogP contribution in [0.5, 0.6) is 0 Å². The van der Waals surface area contributed by atoms with Gasteiger partial charge in [0.2, 0.25) is 10.0 Å². The number of halogens is 1. The molecule has 2 heterocycles. The molecule has 1 saturated heterocycles. The Balaban J connectivity index is 1.49. The average Bonchev–Trinajstić information content (AvgIpc) is 2.80. The van der Waals surface area contributed by atoms with Gasteiger partial charge in [-0.15, -0.1) is 0 Å². The van der Waals surface area contributed by atoms with E-state index < -0.39 is 10.0 Å². The number of sulfonamides is 1. The number of rotatable bonds is 5. The van der Waals surface area contributed by atoms with E-state index >= 15 is 0 Å². The highest BCUT2D eigenvalue weighted by molar-refractivity contribution is 7.89. The number of aromatic nitrogens is 2. The molecule has 31 heavy (non-hydrogen) atoms. The van der Waals surface area contributed by atoms with Gasteiger partial charge in [0, 0.05) is 43.4 Å². The first-order valence-electron chi connectivity index (χ1n) is 9.79. The van der Waals surface area contributed by atoms with Gasteiger partial charge in [-0.2, -0.15) is 4.31 Å². The Morgan fingerprint density at radius 3 is 2.35 bits per heavy atom. The van der Waals surface area contributed by atoms with Crippen molar-refractivity contribution in [2.24, 2.45) is 0 Å². The standard InChI is InChI=1S/C22H21FN4O3S/c1-16(28)18-3-2-4-20(13-18)31(29,30)27-11-9-26(10-12-27)22-14-21(24-15-25-22)17-5-7-19(23)8-6-17/h2-8,13-15H,9-12H2,1H3. The van der Waals surface area contributed by atoms with Crippen molar-refractivity contribution in [1.29, 1.82) is 0 Å². The molecule has 1 aliphatic heterocycles. The maximum atomic E-state index is 13.2. The van der Waals surface area contributed by atoms with E-state index in [-0.39, 0.29) is 16.5 Å². The molecule has 9 heteroatoms. The quantitative estimate of drug-likeness (QED) is 0.567. The number of nitrogens with zero attached hydrogens (tertiary/aromatic N) is 4. The molecule has 0 bridgehead atoms. The first-order chi connectivity index (χ1) is 14.8. The summed E-state index contributed by atoms with van der Waals surface area (Å²) in [7, 11) is -3.69. The maximum absolute atomic E-state index is 13.2. The Bertz CT molecular complexity index is 1210. The number of hydrogen-bond acceptors (Lipinski definition) is 6. The van der Waals surface area contributed by atoms with Gasteiger partial charge in [-0.1, -0.05) is 12.1 Å². The van der Waals surface area contributed by atoms with Gasteiger partial charge in [0.15, 0.2) is 5.78 Å². The molecule has 1 aromatic heterocycles. The van der Waals surface area contributed by atoms with Crippen LogP contribution in [-0.4, -0.2) is 54.7 Å². The van der Waals surface area contributed by atoms with Crippen LogP contribution in [0.3, 0.4) is 0 Å². The Labute approximate surface area is 180 Å². The van der Waals surface area contributed by atoms with Crippen molar-refractivity contribution in [3.8, 4) is 11.3 Å². The predicted octanol–water partition coefficient (Wildman–Crippen LogP) is 3.00. The third-order valence-corrected chi connectivity index (χ3v) is 7.13. The van der Waals surface area contributed by atoms with E-state index in [1.54, 1.807) is 24.3 Å². The lowest BCUT2D eigenvalue weighted by molar-refractivity contribution is 0.101. The number of piperazine rings is 1. The largest absolute Gasteiger partial charge is 0.354 e. The van der Waals surface area contributed by atoms with Gasteiger partial charge in [-0.25, -0.2) is 22.8 Å². The van der Waals surface area contributed by atoms with Crippen LogP contribution in [0.25, 0.3) is 11.3 Å². The van der Waals surface area contributed by atoms with Gasteiger partial charge < -0.3 is 4.90 Å². The first-order valence-corrected chi connectivity index (χ1v) is 11.2. The first kappa shape index (κ1) is 21.1. The molecule has 0 unspecified atom stereocenters. The van der Waals surface area contributed by atoms with Gasteiger partial charge in [-0.3, -0.25) is 4.79 Å². The molecule has 0 radical (unpaired) electrons. The second kappa shape index (κ2) is 8.52. The summed E-state index contributed by atoms with van der Waals surface area (Å²) < 4.78 is 40.6. The summed E-state index contributed by atoms with van der Waals surface area (Å²) in [6, 6.07) is 14.0. The average molecular weight is 441 g/mol. The number of carbonyl (C=O) groups excluding carboxylic acids is 1. The number of hydrogen-bond donors (Lipinski definition) is 0. The van der Waals surface area contributed by atoms with Crippen LogP contribution < -0.4 is 4.90 Å². The van der Waals surface area contributed by atoms with E-state index in [0.717, 1.165) is 5.56 Å². The lowest BCUT2D eigenvalue weighted by Crippen LogP contribution is -2.49. The molecule has 0 atom stereocenters. The summed E-state index contributed by atoms with van der Waals surface area (Å²) in [5.74, 6) is 0.191. The smallest absolute Gasteiger partial charge is 0.243 e. The fourth-order valence-corrected chi connectivity index (χ4v) is 4.95. The van der Waals surface area contributed by atoms with E-state index in [1.807, 2.05) is 11.0 Å². The second-order valence-corrected chi connectivity index (χ2v) is 9.18. The monoisotopic (exact) mass is 440 g/mol. The Morgan fingerprint density at radius 1 is 0.968 bits per heavy atom. The maximum Gasteiger partial charge on any atom is 0.243 e. The highest BCUT2D eigenvalue weighted by Gasteiger charge is 2.29. The number of Topliss-reactive ketones (excluding diaryl/α,β-unsaturated/α-hetero) is 1. The van der Waals surface area contributed by atoms with Gasteiger partial charge in [0.25, 0.3) is 0 Å². The minimum absolute atomic E-state index is 0.120. The van der Waals surface area contributed by atoms with Crippen LogP contribution >= 0.6 is 0 Å². The van der Waals surface area contributed by atoms with E-state index in [2.05, 4.69) is 9.97 Å². The van der Waals surface area contributed by atoms with Crippen molar-refractivity contribution >= 4 is 21.6 Å². The normalized spacial score (nSPS) is 15.1. The van der Waals surface area contributed by atoms with Gasteiger partial charge in [0.1, 0.15) is 18.0 Å². The molecule has 3 aromatic rings. The van der Waals surface area contributed by atoms with Crippen molar-refractivity contribution in [2.75, 3.05) is 31.1 Å². The molecule has 0 aliphatic carbocycles. The summed E-state index contributed by atoms with van der Waals surface area (Å²) in [5, 5.41) is 0. The Hall–Kier alpha value is -3.17. The van der Waals surface area contributed by atoms with Crippen LogP contribution in [0.15, 0.2) is 65.8 Å². The van der Waals surface area contributed by atoms with Crippen LogP contribution in [0, 0.1) is 5.82 Å². The molecular weight excluding hydrogens is 419 g/mol. The molecule has 0 spiro atoms. The van der Waals surface area contributed by atoms with Crippen molar-refractivity contribution in [3.63, 3.8) is 0 Å². The van der Waals surface area contributed by atoms with Crippen LogP contribution in [-0.2, 0) is 10.0 Å². The predicted molar refractivity (Wildman–Crippen MR) is 115 cm³/mol. The van der Waals surface area contributed by atoms with Crippen molar-refractivity contribution in [1.82, 2.24) is 14.3 Å². The molecule has 1 fully saturated rings. The minimum Gasteiger partial charge on any atom is -0.354 e. The highest BCUT2D eigenvalue weighted by Crippen LogP contribution is 2.24. The number of carbonyl (C=O) groups is 1. The minimum atomic E-state index is -3.69. The lowest BCUT2D eigenvalue weighted by atomic mass is 10.1. The molecule has 0 saturated carbocycles. The summed E-state index contributed by atoms with van der Waals surface area (Å²) in [5.41, 5.74) is 1.81. The third-order valence-electron chi connectivity index (χ3n) is 5.23. The van der Waals surface area contributed by atoms with Crippen molar-refractivity contribution < 1.29 is 17.6 Å². The van der Waals surface area contributed by atoms with E-state index in [0.29, 0.717) is 43.3 Å². The van der Waals surface area contributed by atoms with Gasteiger partial charge >= 0.3 is 0 Å². The topological polar surface area (TPSA) is 83.5 Å². The van der Waals surface area contributed by atoms with Gasteiger partial charge in [-0.05, 0) is 43.3 Å². The SMILES string of the molecule is CC(=O)c1cccc(S(=O)(=O)N2CCN(c3cc(-c4ccc(F)cc4)ncn3)CC2)c1. The number of benzene rings is 2. The Morgan fingerprint density at radius 2 is 1.68 bits per heavy atom. The lowest BCUT2D eigenvalue weighted by Gasteiger charge is -2.34. The summed E-state index contributed by atoms with van der Waals surface area (Å²) in [6.45, 7) is 2.93. The zero-order valence-corrected chi connectivity index (χ0v) is 17.7. The van der Waals surface area contributed by atoms with E-state index in [9.17, 15) is 17.6 Å². The fourth-order valence-electron chi connectivity index (χ4n) is 3.48. The van der Waals surface area contributed by atoms with Crippen molar-refractivity contribution in [3.05, 3.63) is 72.3 Å². The van der Waals surface area contributed by atoms with E-state index in [1.165, 1.54) is 41.8 Å². The summed E-state index contributed by atoms with van der Waals surface area (Å²) >= 11 is 0. The number of anilines is 1. The second-order valence-electron chi connectivity index (χ2n) is 7.24. The molecule has 7 nitrogen and oxygen atoms in total. The summed E-state index contributed by atoms with van der Waals surface area (Å²) in [6.07, 6.45) is 1.45. The van der Waals surface area contributed by atoms with Crippen LogP contribution in [0.4, 0.5) is 10.2 Å². The molecule has 4 rings (SSSR count). The number of ketones is 1. The van der Waals surface area contributed by atoms with Gasteiger partial charge in [0.05, 0.1) is 10.6 Å². The Kier molecular flexibility index (Phi) is 5.79. The zero-order valence-electron chi connectivity index (χ0n) is 16.9. The summed E-state index contributed by atoms with van der Waals surface area (Å²) in [4.78, 5) is 22.3. The van der Waals surface area contributed by atoms with E-state index in [4.69, 9.17) is 0 Å². The fraction of sp³-hybridized carbons (Fsp3) is 0.227. The van der Waals surface area contributed by atoms with Crippen LogP contribution in [0.1, 0.15) is 17.3 Å². The molecule has 2 aromatic carbocycles. The molecular formula is C22H21FN4O3S. The molecule has 0 amide bonds. The zero-order chi connectivity index (χ0) is 22.0. The van der Waals surface area contributed by atoms with Crippen LogP contribution in [0.2, 0.25) is 0 Å². The highest BCUT2D eigenvalue weighted by atomic mass is 32.2. The molecule has 0 N–H and O–H groups in total. The third kappa shape index (κ3) is 4.47.